The maximum absolute atomic E-state index is 12.1. The van der Waals surface area contributed by atoms with Crippen molar-refractivity contribution in [2.45, 2.75) is 38.0 Å². The first-order chi connectivity index (χ1) is 7.90. The highest BCUT2D eigenvalue weighted by atomic mass is 16.6. The Bertz CT molecular complexity index is 521. The molecule has 0 bridgehead atoms. The van der Waals surface area contributed by atoms with Crippen LogP contribution in [0.1, 0.15) is 31.7 Å². The molecule has 0 unspecified atom stereocenters. The zero-order valence-corrected chi connectivity index (χ0v) is 9.67. The van der Waals surface area contributed by atoms with Gasteiger partial charge in [-0.15, -0.1) is 0 Å². The van der Waals surface area contributed by atoms with E-state index in [0.717, 1.165) is 4.74 Å². The van der Waals surface area contributed by atoms with Crippen molar-refractivity contribution in [2.24, 2.45) is 11.7 Å². The minimum Gasteiger partial charge on any atom is -0.622 e. The molecule has 0 radical (unpaired) electrons. The van der Waals surface area contributed by atoms with E-state index in [1.807, 2.05) is 0 Å². The highest BCUT2D eigenvalue weighted by Gasteiger charge is 2.65. The van der Waals surface area contributed by atoms with Gasteiger partial charge in [0.1, 0.15) is 5.69 Å². The van der Waals surface area contributed by atoms with Crippen molar-refractivity contribution in [3.63, 3.8) is 0 Å². The molecule has 1 aromatic heterocycles. The minimum atomic E-state index is -1.45. The lowest BCUT2D eigenvalue weighted by atomic mass is 9.74. The maximum atomic E-state index is 12.1. The molecule has 0 amide bonds. The lowest BCUT2D eigenvalue weighted by molar-refractivity contribution is -0.543. The summed E-state index contributed by atoms with van der Waals surface area (Å²) < 4.78 is 5.38. The third-order valence-electron chi connectivity index (χ3n) is 4.14. The Kier molecular flexibility index (Phi) is 1.79. The number of hydroxylamine groups is 1. The largest absolute Gasteiger partial charge is 0.622 e. The summed E-state index contributed by atoms with van der Waals surface area (Å²) in [7, 11) is 0. The van der Waals surface area contributed by atoms with Crippen LogP contribution in [0, 0.1) is 11.1 Å². The van der Waals surface area contributed by atoms with E-state index >= 15 is 0 Å². The predicted molar refractivity (Wildman–Crippen MR) is 56.9 cm³/mol. The van der Waals surface area contributed by atoms with Crippen LogP contribution >= 0.6 is 0 Å². The van der Waals surface area contributed by atoms with E-state index in [0.29, 0.717) is 29.9 Å². The van der Waals surface area contributed by atoms with Gasteiger partial charge in [0, 0.05) is 19.8 Å². The first kappa shape index (κ1) is 10.7. The molecule has 0 fully saturated rings. The lowest BCUT2D eigenvalue weighted by Gasteiger charge is -2.29. The summed E-state index contributed by atoms with van der Waals surface area (Å²) in [6.45, 7) is 3.35. The molecule has 1 aromatic rings. The van der Waals surface area contributed by atoms with Crippen molar-refractivity contribution in [3.8, 4) is 0 Å². The molecule has 92 valence electrons. The topological polar surface area (TPSA) is 111 Å². The minimum absolute atomic E-state index is 0.335. The third kappa shape index (κ3) is 1.01. The van der Waals surface area contributed by atoms with Gasteiger partial charge in [0.05, 0.1) is 5.92 Å². The Labute approximate surface area is 97.5 Å². The summed E-state index contributed by atoms with van der Waals surface area (Å²) in [5, 5.41) is 30.4. The fourth-order valence-electron chi connectivity index (χ4n) is 2.83. The molecular weight excluding hydrogens is 224 g/mol. The molecule has 2 aliphatic rings. The van der Waals surface area contributed by atoms with Gasteiger partial charge in [-0.1, -0.05) is 17.2 Å². The van der Waals surface area contributed by atoms with Crippen LogP contribution in [0.4, 0.5) is 0 Å². The molecule has 7 heteroatoms. The summed E-state index contributed by atoms with van der Waals surface area (Å²) in [5.74, 6) is -0.478. The molecule has 0 saturated carbocycles. The zero-order chi connectivity index (χ0) is 12.4. The third-order valence-corrected chi connectivity index (χ3v) is 4.14. The van der Waals surface area contributed by atoms with Gasteiger partial charge in [-0.3, -0.25) is 5.73 Å². The van der Waals surface area contributed by atoms with E-state index in [4.69, 9.17) is 5.73 Å². The van der Waals surface area contributed by atoms with Crippen LogP contribution in [0.2, 0.25) is 0 Å². The Morgan fingerprint density at radius 3 is 2.94 bits per heavy atom. The highest BCUT2D eigenvalue weighted by Crippen LogP contribution is 2.46. The number of fused-ring (bicyclic) bond motifs is 3. The number of nitrogens with zero attached hydrogens (tertiary/aromatic N) is 3. The molecule has 3 atom stereocenters. The van der Waals surface area contributed by atoms with Crippen molar-refractivity contribution >= 4 is 5.71 Å². The summed E-state index contributed by atoms with van der Waals surface area (Å²) in [4.78, 5) is 0. The van der Waals surface area contributed by atoms with Crippen LogP contribution in [-0.4, -0.2) is 31.5 Å². The molecule has 2 heterocycles. The average Bonchev–Trinajstić information content (AvgIpc) is 2.80. The number of rotatable bonds is 0. The Morgan fingerprint density at radius 1 is 1.53 bits per heavy atom. The smallest absolute Gasteiger partial charge is 0.227 e. The lowest BCUT2D eigenvalue weighted by Crippen LogP contribution is -2.51. The van der Waals surface area contributed by atoms with Crippen molar-refractivity contribution in [1.29, 1.82) is 0 Å². The maximum Gasteiger partial charge on any atom is 0.227 e. The molecule has 1 aliphatic carbocycles. The van der Waals surface area contributed by atoms with Crippen molar-refractivity contribution in [2.75, 3.05) is 0 Å². The fourth-order valence-corrected chi connectivity index (χ4v) is 2.83. The molecule has 3 N–H and O–H groups in total. The van der Waals surface area contributed by atoms with Crippen LogP contribution in [0.25, 0.3) is 0 Å². The van der Waals surface area contributed by atoms with E-state index in [2.05, 4.69) is 14.9 Å². The molecule has 0 spiro atoms. The molecule has 0 saturated heterocycles. The van der Waals surface area contributed by atoms with Gasteiger partial charge in [0.15, 0.2) is 5.69 Å². The first-order valence-corrected chi connectivity index (χ1v) is 5.57. The summed E-state index contributed by atoms with van der Waals surface area (Å²) in [5.41, 5.74) is 4.70. The summed E-state index contributed by atoms with van der Waals surface area (Å²) >= 11 is 0. The van der Waals surface area contributed by atoms with Gasteiger partial charge in [-0.2, -0.15) is 4.74 Å². The second-order valence-electron chi connectivity index (χ2n) is 5.01. The van der Waals surface area contributed by atoms with Gasteiger partial charge in [0.25, 0.3) is 0 Å². The number of aromatic nitrogens is 2. The van der Waals surface area contributed by atoms with Crippen LogP contribution < -0.4 is 5.73 Å². The van der Waals surface area contributed by atoms with Crippen LogP contribution in [-0.2, 0) is 12.0 Å². The summed E-state index contributed by atoms with van der Waals surface area (Å²) in [6, 6.07) is 0. The normalized spacial score (nSPS) is 40.4. The second kappa shape index (κ2) is 2.85. The van der Waals surface area contributed by atoms with Crippen LogP contribution in [0.5, 0.6) is 0 Å². The average molecular weight is 238 g/mol. The number of nitrogens with two attached hydrogens (primary N) is 1. The SMILES string of the molecule is C[C@@H]1[C@@]2(O)C(=[N+]([O-])[C@]1(C)N)CCc1nonc12. The predicted octanol–water partition coefficient (Wildman–Crippen LogP) is -0.521. The number of aryl methyl sites for hydroxylation is 1. The van der Waals surface area contributed by atoms with E-state index in [9.17, 15) is 10.3 Å². The summed E-state index contributed by atoms with van der Waals surface area (Å²) in [6.07, 6.45) is 0.969. The fraction of sp³-hybridized carbons (Fsp3) is 0.700. The first-order valence-electron chi connectivity index (χ1n) is 5.57. The zero-order valence-electron chi connectivity index (χ0n) is 9.67. The molecule has 17 heavy (non-hydrogen) atoms. The van der Waals surface area contributed by atoms with E-state index < -0.39 is 17.2 Å². The highest BCUT2D eigenvalue weighted by molar-refractivity contribution is 5.92. The number of hydrogen-bond donors (Lipinski definition) is 2. The van der Waals surface area contributed by atoms with Crippen LogP contribution in [0.3, 0.4) is 0 Å². The molecular formula is C10H14N4O3. The van der Waals surface area contributed by atoms with Crippen LogP contribution in [0.15, 0.2) is 4.63 Å². The van der Waals surface area contributed by atoms with Crippen molar-refractivity contribution < 1.29 is 14.5 Å². The van der Waals surface area contributed by atoms with Crippen molar-refractivity contribution in [1.82, 2.24) is 10.3 Å². The van der Waals surface area contributed by atoms with E-state index in [1.165, 1.54) is 0 Å². The van der Waals surface area contributed by atoms with Gasteiger partial charge < -0.3 is 10.3 Å². The van der Waals surface area contributed by atoms with Gasteiger partial charge in [-0.25, -0.2) is 4.63 Å². The standard InChI is InChI=1S/C10H14N4O3/c1-5-9(2,11)14(16)7-4-3-6-8(10(5,7)15)13-17-12-6/h5,15H,3-4,11H2,1-2H3/t5-,9-,10+/m0/s1. The molecule has 3 rings (SSSR count). The molecule has 7 nitrogen and oxygen atoms in total. The second-order valence-corrected chi connectivity index (χ2v) is 5.01. The monoisotopic (exact) mass is 238 g/mol. The van der Waals surface area contributed by atoms with E-state index in [-0.39, 0.29) is 0 Å². The van der Waals surface area contributed by atoms with Gasteiger partial charge in [0.2, 0.25) is 17.0 Å². The van der Waals surface area contributed by atoms with Crippen molar-refractivity contribution in [3.05, 3.63) is 16.6 Å². The number of aliphatic hydroxyl groups is 1. The van der Waals surface area contributed by atoms with Gasteiger partial charge >= 0.3 is 0 Å². The number of hydrogen-bond acceptors (Lipinski definition) is 6. The quantitative estimate of drug-likeness (QED) is 0.464. The molecule has 1 aliphatic heterocycles. The molecule has 0 aromatic carbocycles. The Balaban J connectivity index is 2.27. The van der Waals surface area contributed by atoms with E-state index in [1.54, 1.807) is 13.8 Å². The Morgan fingerprint density at radius 2 is 2.24 bits per heavy atom. The Hall–Kier alpha value is -1.47. The van der Waals surface area contributed by atoms with Gasteiger partial charge in [-0.05, 0) is 0 Å².